The van der Waals surface area contributed by atoms with Crippen molar-refractivity contribution in [1.29, 1.82) is 0 Å². The van der Waals surface area contributed by atoms with Gasteiger partial charge in [0.1, 0.15) is 4.90 Å². The molecule has 0 fully saturated rings. The molecular formula is C9H17N3O3S. The second kappa shape index (κ2) is 5.42. The predicted octanol–water partition coefficient (Wildman–Crippen LogP) is 0.421. The zero-order valence-corrected chi connectivity index (χ0v) is 10.5. The number of hydrogen-bond donors (Lipinski definition) is 2. The number of aromatic amines is 1. The van der Waals surface area contributed by atoms with Crippen LogP contribution in [0.25, 0.3) is 0 Å². The fourth-order valence-electron chi connectivity index (χ4n) is 1.29. The van der Waals surface area contributed by atoms with Crippen molar-refractivity contribution in [2.24, 2.45) is 0 Å². The summed E-state index contributed by atoms with van der Waals surface area (Å²) in [5, 5.41) is 6.29. The number of nitrogens with zero attached hydrogens (tertiary/aromatic N) is 1. The summed E-state index contributed by atoms with van der Waals surface area (Å²) in [7, 11) is -1.89. The van der Waals surface area contributed by atoms with Crippen molar-refractivity contribution in [3.05, 3.63) is 11.9 Å². The maximum atomic E-state index is 11.9. The van der Waals surface area contributed by atoms with E-state index in [9.17, 15) is 8.42 Å². The van der Waals surface area contributed by atoms with E-state index < -0.39 is 10.0 Å². The molecular weight excluding hydrogens is 230 g/mol. The highest BCUT2D eigenvalue weighted by molar-refractivity contribution is 7.89. The fourth-order valence-corrected chi connectivity index (χ4v) is 2.71. The third kappa shape index (κ3) is 3.29. The van der Waals surface area contributed by atoms with Gasteiger partial charge in [0.2, 0.25) is 10.0 Å². The van der Waals surface area contributed by atoms with E-state index in [0.717, 1.165) is 0 Å². The van der Waals surface area contributed by atoms with Crippen LogP contribution >= 0.6 is 0 Å². The quantitative estimate of drug-likeness (QED) is 0.763. The van der Waals surface area contributed by atoms with Gasteiger partial charge in [-0.25, -0.2) is 13.1 Å². The third-order valence-electron chi connectivity index (χ3n) is 2.18. The smallest absolute Gasteiger partial charge is 0.244 e. The van der Waals surface area contributed by atoms with Gasteiger partial charge in [-0.3, -0.25) is 5.10 Å². The SMILES string of the molecule is COCCC(C)NS(=O)(=O)c1cn[nH]c1C. The minimum atomic E-state index is -3.48. The monoisotopic (exact) mass is 247 g/mol. The third-order valence-corrected chi connectivity index (χ3v) is 3.89. The first kappa shape index (κ1) is 13.1. The molecule has 7 heteroatoms. The van der Waals surface area contributed by atoms with Crippen LogP contribution in [0.4, 0.5) is 0 Å². The molecule has 0 aliphatic rings. The summed E-state index contributed by atoms with van der Waals surface area (Å²) >= 11 is 0. The number of H-pyrrole nitrogens is 1. The first-order valence-corrected chi connectivity index (χ1v) is 6.47. The average molecular weight is 247 g/mol. The van der Waals surface area contributed by atoms with Gasteiger partial charge >= 0.3 is 0 Å². The Morgan fingerprint density at radius 3 is 2.81 bits per heavy atom. The molecule has 0 bridgehead atoms. The Bertz CT molecular complexity index is 427. The second-order valence-electron chi connectivity index (χ2n) is 3.66. The van der Waals surface area contributed by atoms with Crippen LogP contribution in [0.1, 0.15) is 19.0 Å². The highest BCUT2D eigenvalue weighted by atomic mass is 32.2. The number of aryl methyl sites for hydroxylation is 1. The molecule has 1 heterocycles. The molecule has 1 aromatic heterocycles. The molecule has 1 rings (SSSR count). The summed E-state index contributed by atoms with van der Waals surface area (Å²) in [6, 6.07) is -0.167. The molecule has 0 aromatic carbocycles. The van der Waals surface area contributed by atoms with Crippen molar-refractivity contribution in [3.63, 3.8) is 0 Å². The standard InChI is InChI=1S/C9H17N3O3S/c1-7(4-5-15-3)12-16(13,14)9-6-10-11-8(9)2/h6-7,12H,4-5H2,1-3H3,(H,10,11). The number of methoxy groups -OCH3 is 1. The van der Waals surface area contributed by atoms with E-state index in [1.165, 1.54) is 6.20 Å². The minimum Gasteiger partial charge on any atom is -0.385 e. The minimum absolute atomic E-state index is 0.167. The van der Waals surface area contributed by atoms with Crippen LogP contribution < -0.4 is 4.72 Å². The van der Waals surface area contributed by atoms with Crippen molar-refractivity contribution < 1.29 is 13.2 Å². The Kier molecular flexibility index (Phi) is 4.45. The molecule has 0 saturated heterocycles. The van der Waals surface area contributed by atoms with Gasteiger partial charge in [-0.15, -0.1) is 0 Å². The summed E-state index contributed by atoms with van der Waals surface area (Å²) in [6.07, 6.45) is 1.94. The predicted molar refractivity (Wildman–Crippen MR) is 59.6 cm³/mol. The van der Waals surface area contributed by atoms with Crippen LogP contribution in [0, 0.1) is 6.92 Å². The van der Waals surface area contributed by atoms with Gasteiger partial charge in [0.05, 0.1) is 11.9 Å². The van der Waals surface area contributed by atoms with Crippen molar-refractivity contribution in [3.8, 4) is 0 Å². The van der Waals surface area contributed by atoms with Gasteiger partial charge in [-0.2, -0.15) is 5.10 Å². The molecule has 16 heavy (non-hydrogen) atoms. The fraction of sp³-hybridized carbons (Fsp3) is 0.667. The molecule has 6 nitrogen and oxygen atoms in total. The molecule has 92 valence electrons. The van der Waals surface area contributed by atoms with E-state index in [2.05, 4.69) is 14.9 Å². The molecule has 0 saturated carbocycles. The summed E-state index contributed by atoms with van der Waals surface area (Å²) < 4.78 is 31.2. The summed E-state index contributed by atoms with van der Waals surface area (Å²) in [4.78, 5) is 0.191. The topological polar surface area (TPSA) is 84.1 Å². The molecule has 0 amide bonds. The number of hydrogen-bond acceptors (Lipinski definition) is 4. The van der Waals surface area contributed by atoms with Crippen molar-refractivity contribution in [2.45, 2.75) is 31.2 Å². The van der Waals surface area contributed by atoms with Gasteiger partial charge in [-0.1, -0.05) is 0 Å². The van der Waals surface area contributed by atoms with Crippen LogP contribution in [-0.4, -0.2) is 38.4 Å². The Morgan fingerprint density at radius 2 is 2.31 bits per heavy atom. The van der Waals surface area contributed by atoms with Gasteiger partial charge in [0.15, 0.2) is 0 Å². The molecule has 0 radical (unpaired) electrons. The summed E-state index contributed by atoms with van der Waals surface area (Å²) in [5.74, 6) is 0. The van der Waals surface area contributed by atoms with Crippen molar-refractivity contribution in [1.82, 2.24) is 14.9 Å². The van der Waals surface area contributed by atoms with Crippen LogP contribution in [0.2, 0.25) is 0 Å². The molecule has 0 aliphatic carbocycles. The largest absolute Gasteiger partial charge is 0.385 e. The Morgan fingerprint density at radius 1 is 1.62 bits per heavy atom. The van der Waals surface area contributed by atoms with Crippen LogP contribution in [-0.2, 0) is 14.8 Å². The number of sulfonamides is 1. The van der Waals surface area contributed by atoms with Crippen molar-refractivity contribution in [2.75, 3.05) is 13.7 Å². The van der Waals surface area contributed by atoms with E-state index in [-0.39, 0.29) is 10.9 Å². The number of ether oxygens (including phenoxy) is 1. The number of nitrogens with one attached hydrogen (secondary N) is 2. The van der Waals surface area contributed by atoms with Gasteiger partial charge < -0.3 is 4.74 Å². The molecule has 1 aromatic rings. The highest BCUT2D eigenvalue weighted by Gasteiger charge is 2.20. The normalized spacial score (nSPS) is 13.9. The van der Waals surface area contributed by atoms with E-state index in [4.69, 9.17) is 4.74 Å². The maximum Gasteiger partial charge on any atom is 0.244 e. The van der Waals surface area contributed by atoms with Gasteiger partial charge in [0, 0.05) is 19.8 Å². The molecule has 2 N–H and O–H groups in total. The Hall–Kier alpha value is -0.920. The van der Waals surface area contributed by atoms with Crippen LogP contribution in [0.5, 0.6) is 0 Å². The van der Waals surface area contributed by atoms with Gasteiger partial charge in [-0.05, 0) is 20.3 Å². The maximum absolute atomic E-state index is 11.9. The lowest BCUT2D eigenvalue weighted by Crippen LogP contribution is -2.33. The van der Waals surface area contributed by atoms with Crippen molar-refractivity contribution >= 4 is 10.0 Å². The summed E-state index contributed by atoms with van der Waals surface area (Å²) in [5.41, 5.74) is 0.534. The van der Waals surface area contributed by atoms with E-state index in [1.807, 2.05) is 0 Å². The molecule has 0 spiro atoms. The van der Waals surface area contributed by atoms with Gasteiger partial charge in [0.25, 0.3) is 0 Å². The molecule has 1 unspecified atom stereocenters. The lowest BCUT2D eigenvalue weighted by Gasteiger charge is -2.12. The Balaban J connectivity index is 2.69. The second-order valence-corrected chi connectivity index (χ2v) is 5.35. The highest BCUT2D eigenvalue weighted by Crippen LogP contribution is 2.11. The number of rotatable bonds is 6. The van der Waals surface area contributed by atoms with E-state index >= 15 is 0 Å². The summed E-state index contributed by atoms with van der Waals surface area (Å²) in [6.45, 7) is 3.99. The Labute approximate surface area is 95.4 Å². The lowest BCUT2D eigenvalue weighted by atomic mass is 10.3. The lowest BCUT2D eigenvalue weighted by molar-refractivity contribution is 0.188. The first-order valence-electron chi connectivity index (χ1n) is 4.98. The zero-order chi connectivity index (χ0) is 12.2. The van der Waals surface area contributed by atoms with Crippen LogP contribution in [0.3, 0.4) is 0 Å². The average Bonchev–Trinajstić information content (AvgIpc) is 2.61. The van der Waals surface area contributed by atoms with Crippen LogP contribution in [0.15, 0.2) is 11.1 Å². The molecule has 1 atom stereocenters. The van der Waals surface area contributed by atoms with E-state index in [0.29, 0.717) is 18.7 Å². The van der Waals surface area contributed by atoms with E-state index in [1.54, 1.807) is 21.0 Å². The molecule has 0 aliphatic heterocycles. The number of aromatic nitrogens is 2. The zero-order valence-electron chi connectivity index (χ0n) is 9.65. The first-order chi connectivity index (χ1) is 7.47.